The van der Waals surface area contributed by atoms with Crippen LogP contribution in [0, 0.1) is 6.92 Å². The zero-order valence-electron chi connectivity index (χ0n) is 14.8. The Bertz CT molecular complexity index is 915. The second kappa shape index (κ2) is 6.92. The molecule has 0 atom stereocenters. The van der Waals surface area contributed by atoms with Gasteiger partial charge in [0.05, 0.1) is 17.7 Å². The van der Waals surface area contributed by atoms with E-state index in [1.165, 1.54) is 0 Å². The lowest BCUT2D eigenvalue weighted by Crippen LogP contribution is -2.49. The number of benzene rings is 1. The number of carbonyl (C=O) groups is 1. The van der Waals surface area contributed by atoms with E-state index in [-0.39, 0.29) is 5.91 Å². The van der Waals surface area contributed by atoms with Gasteiger partial charge in [0.25, 0.3) is 5.91 Å². The van der Waals surface area contributed by atoms with Gasteiger partial charge in [-0.2, -0.15) is 0 Å². The van der Waals surface area contributed by atoms with E-state index in [0.29, 0.717) is 18.8 Å². The monoisotopic (exact) mass is 368 g/mol. The fourth-order valence-corrected chi connectivity index (χ4v) is 4.31. The zero-order chi connectivity index (χ0) is 18.1. The van der Waals surface area contributed by atoms with Crippen LogP contribution in [0.4, 0.5) is 5.82 Å². The number of fused-ring (bicyclic) bond motifs is 1. The number of thiophene rings is 1. The molecule has 134 valence electrons. The molecule has 0 bridgehead atoms. The lowest BCUT2D eigenvalue weighted by Gasteiger charge is -2.35. The predicted octanol–water partition coefficient (Wildman–Crippen LogP) is 2.97. The SMILES string of the molecule is COc1c(C)ncnc1N1CCN(C(=O)c2cc3ccccc3s2)CC1. The topological polar surface area (TPSA) is 58.6 Å². The molecule has 6 nitrogen and oxygen atoms in total. The first-order valence-corrected chi connectivity index (χ1v) is 9.37. The van der Waals surface area contributed by atoms with Crippen LogP contribution >= 0.6 is 11.3 Å². The maximum atomic E-state index is 12.9. The van der Waals surface area contributed by atoms with Crippen molar-refractivity contribution in [1.82, 2.24) is 14.9 Å². The fourth-order valence-electron chi connectivity index (χ4n) is 3.28. The van der Waals surface area contributed by atoms with E-state index in [2.05, 4.69) is 20.9 Å². The second-order valence-corrected chi connectivity index (χ2v) is 7.33. The van der Waals surface area contributed by atoms with Gasteiger partial charge in [0.15, 0.2) is 11.6 Å². The Balaban J connectivity index is 1.48. The number of methoxy groups -OCH3 is 1. The van der Waals surface area contributed by atoms with Gasteiger partial charge < -0.3 is 14.5 Å². The molecule has 1 saturated heterocycles. The van der Waals surface area contributed by atoms with Crippen LogP contribution in [-0.4, -0.2) is 54.1 Å². The van der Waals surface area contributed by atoms with Crippen molar-refractivity contribution in [2.75, 3.05) is 38.2 Å². The van der Waals surface area contributed by atoms with E-state index in [0.717, 1.165) is 39.6 Å². The molecular weight excluding hydrogens is 348 g/mol. The van der Waals surface area contributed by atoms with Crippen molar-refractivity contribution in [3.05, 3.63) is 47.2 Å². The van der Waals surface area contributed by atoms with E-state index in [1.807, 2.05) is 36.1 Å². The van der Waals surface area contributed by atoms with Gasteiger partial charge >= 0.3 is 0 Å². The molecule has 0 aliphatic carbocycles. The van der Waals surface area contributed by atoms with Crippen molar-refractivity contribution < 1.29 is 9.53 Å². The third-order valence-electron chi connectivity index (χ3n) is 4.67. The molecule has 0 N–H and O–H groups in total. The molecule has 7 heteroatoms. The first kappa shape index (κ1) is 16.8. The number of hydrogen-bond donors (Lipinski definition) is 0. The first-order valence-electron chi connectivity index (χ1n) is 8.56. The largest absolute Gasteiger partial charge is 0.491 e. The maximum Gasteiger partial charge on any atom is 0.264 e. The number of amides is 1. The van der Waals surface area contributed by atoms with Crippen molar-refractivity contribution >= 4 is 33.1 Å². The number of ether oxygens (including phenoxy) is 1. The smallest absolute Gasteiger partial charge is 0.264 e. The van der Waals surface area contributed by atoms with Gasteiger partial charge in [-0.3, -0.25) is 4.79 Å². The van der Waals surface area contributed by atoms with Gasteiger partial charge in [-0.1, -0.05) is 18.2 Å². The summed E-state index contributed by atoms with van der Waals surface area (Å²) >= 11 is 1.56. The third kappa shape index (κ3) is 2.99. The van der Waals surface area contributed by atoms with Crippen molar-refractivity contribution in [2.45, 2.75) is 6.92 Å². The van der Waals surface area contributed by atoms with Gasteiger partial charge in [0, 0.05) is 30.9 Å². The molecule has 0 radical (unpaired) electrons. The number of anilines is 1. The molecule has 1 fully saturated rings. The van der Waals surface area contributed by atoms with Crippen LogP contribution in [0.2, 0.25) is 0 Å². The summed E-state index contributed by atoms with van der Waals surface area (Å²) in [4.78, 5) is 26.3. The van der Waals surface area contributed by atoms with Crippen molar-refractivity contribution in [2.24, 2.45) is 0 Å². The normalized spacial score (nSPS) is 14.7. The highest BCUT2D eigenvalue weighted by Crippen LogP contribution is 2.29. The molecule has 4 rings (SSSR count). The zero-order valence-corrected chi connectivity index (χ0v) is 15.6. The summed E-state index contributed by atoms with van der Waals surface area (Å²) < 4.78 is 6.61. The quantitative estimate of drug-likeness (QED) is 0.711. The fraction of sp³-hybridized carbons (Fsp3) is 0.316. The van der Waals surface area contributed by atoms with Crippen molar-refractivity contribution in [1.29, 1.82) is 0 Å². The van der Waals surface area contributed by atoms with Crippen LogP contribution in [0.5, 0.6) is 5.75 Å². The third-order valence-corrected chi connectivity index (χ3v) is 5.77. The molecule has 26 heavy (non-hydrogen) atoms. The van der Waals surface area contributed by atoms with Crippen LogP contribution in [0.1, 0.15) is 15.4 Å². The first-order chi connectivity index (χ1) is 12.7. The van der Waals surface area contributed by atoms with Crippen molar-refractivity contribution in [3.8, 4) is 5.75 Å². The number of rotatable bonds is 3. The molecular formula is C19H20N4O2S. The Morgan fingerprint density at radius 3 is 2.65 bits per heavy atom. The van der Waals surface area contributed by atoms with Crippen LogP contribution in [0.25, 0.3) is 10.1 Å². The number of aromatic nitrogens is 2. The van der Waals surface area contributed by atoms with Crippen molar-refractivity contribution in [3.63, 3.8) is 0 Å². The number of carbonyl (C=O) groups excluding carboxylic acids is 1. The predicted molar refractivity (Wildman–Crippen MR) is 103 cm³/mol. The Morgan fingerprint density at radius 2 is 1.92 bits per heavy atom. The molecule has 2 aromatic heterocycles. The minimum atomic E-state index is 0.108. The molecule has 0 unspecified atom stereocenters. The highest BCUT2D eigenvalue weighted by Gasteiger charge is 2.26. The molecule has 3 heterocycles. The Hall–Kier alpha value is -2.67. The van der Waals surface area contributed by atoms with E-state index in [9.17, 15) is 4.79 Å². The summed E-state index contributed by atoms with van der Waals surface area (Å²) in [6.07, 6.45) is 1.56. The van der Waals surface area contributed by atoms with Gasteiger partial charge in [-0.05, 0) is 24.4 Å². The second-order valence-electron chi connectivity index (χ2n) is 6.24. The van der Waals surface area contributed by atoms with Gasteiger partial charge in [-0.25, -0.2) is 9.97 Å². The Morgan fingerprint density at radius 1 is 1.15 bits per heavy atom. The van der Waals surface area contributed by atoms with E-state index in [4.69, 9.17) is 4.74 Å². The molecule has 1 aliphatic heterocycles. The van der Waals surface area contributed by atoms with Crippen LogP contribution < -0.4 is 9.64 Å². The summed E-state index contributed by atoms with van der Waals surface area (Å²) in [5.41, 5.74) is 0.821. The minimum absolute atomic E-state index is 0.108. The number of aryl methyl sites for hydroxylation is 1. The number of nitrogens with zero attached hydrogens (tertiary/aromatic N) is 4. The summed E-state index contributed by atoms with van der Waals surface area (Å²) in [6, 6.07) is 10.1. The lowest BCUT2D eigenvalue weighted by molar-refractivity contribution is 0.0751. The molecule has 1 aromatic carbocycles. The van der Waals surface area contributed by atoms with Crippen LogP contribution in [0.15, 0.2) is 36.7 Å². The summed E-state index contributed by atoms with van der Waals surface area (Å²) in [5.74, 6) is 1.61. The van der Waals surface area contributed by atoms with Crippen LogP contribution in [0.3, 0.4) is 0 Å². The number of piperazine rings is 1. The van der Waals surface area contributed by atoms with E-state index >= 15 is 0 Å². The van der Waals surface area contributed by atoms with E-state index < -0.39 is 0 Å². The summed E-state index contributed by atoms with van der Waals surface area (Å²) in [7, 11) is 1.64. The average Bonchev–Trinajstić information content (AvgIpc) is 3.11. The molecule has 3 aromatic rings. The Kier molecular flexibility index (Phi) is 4.46. The molecule has 0 saturated carbocycles. The average molecular weight is 368 g/mol. The summed E-state index contributed by atoms with van der Waals surface area (Å²) in [6.45, 7) is 4.69. The Labute approximate surface area is 156 Å². The molecule has 0 spiro atoms. The summed E-state index contributed by atoms with van der Waals surface area (Å²) in [5, 5.41) is 1.13. The molecule has 1 amide bonds. The van der Waals surface area contributed by atoms with Gasteiger partial charge in [0.2, 0.25) is 0 Å². The lowest BCUT2D eigenvalue weighted by atomic mass is 10.2. The minimum Gasteiger partial charge on any atom is -0.491 e. The van der Waals surface area contributed by atoms with E-state index in [1.54, 1.807) is 24.8 Å². The van der Waals surface area contributed by atoms with Gasteiger partial charge in [0.1, 0.15) is 6.33 Å². The van der Waals surface area contributed by atoms with Gasteiger partial charge in [-0.15, -0.1) is 11.3 Å². The maximum absolute atomic E-state index is 12.9. The highest BCUT2D eigenvalue weighted by molar-refractivity contribution is 7.20. The highest BCUT2D eigenvalue weighted by atomic mass is 32.1. The molecule has 1 aliphatic rings. The number of hydrogen-bond acceptors (Lipinski definition) is 6. The van der Waals surface area contributed by atoms with Crippen LogP contribution in [-0.2, 0) is 0 Å². The standard InChI is InChI=1S/C19H20N4O2S/c1-13-17(25-2)18(21-12-20-13)22-7-9-23(10-8-22)19(24)16-11-14-5-3-4-6-15(14)26-16/h3-6,11-12H,7-10H2,1-2H3.